The Hall–Kier alpha value is -2.89. The van der Waals surface area contributed by atoms with Gasteiger partial charge in [-0.2, -0.15) is 0 Å². The summed E-state index contributed by atoms with van der Waals surface area (Å²) in [7, 11) is 0. The summed E-state index contributed by atoms with van der Waals surface area (Å²) in [6.07, 6.45) is 5.27. The Kier molecular flexibility index (Phi) is 7.22. The van der Waals surface area contributed by atoms with Gasteiger partial charge in [-0.1, -0.05) is 49.6 Å². The van der Waals surface area contributed by atoms with Crippen LogP contribution in [0.25, 0.3) is 0 Å². The number of hydrogen-bond donors (Lipinski definition) is 2. The van der Waals surface area contributed by atoms with Gasteiger partial charge in [0.15, 0.2) is 0 Å². The number of halogens is 1. The van der Waals surface area contributed by atoms with E-state index in [-0.39, 0.29) is 17.8 Å². The minimum atomic E-state index is -0.666. The molecule has 0 bridgehead atoms. The predicted molar refractivity (Wildman–Crippen MR) is 112 cm³/mol. The van der Waals surface area contributed by atoms with Gasteiger partial charge >= 0.3 is 6.03 Å². The van der Waals surface area contributed by atoms with Crippen molar-refractivity contribution in [3.8, 4) is 0 Å². The first-order chi connectivity index (χ1) is 14.0. The molecule has 2 aromatic carbocycles. The molecule has 3 rings (SSSR count). The second kappa shape index (κ2) is 10.0. The van der Waals surface area contributed by atoms with E-state index in [1.54, 1.807) is 31.2 Å². The molecule has 0 spiro atoms. The van der Waals surface area contributed by atoms with Gasteiger partial charge in [-0.15, -0.1) is 0 Å². The van der Waals surface area contributed by atoms with Crippen LogP contribution in [0.1, 0.15) is 44.6 Å². The van der Waals surface area contributed by atoms with Crippen LogP contribution in [-0.2, 0) is 11.3 Å². The maximum atomic E-state index is 13.3. The molecule has 0 saturated heterocycles. The van der Waals surface area contributed by atoms with E-state index >= 15 is 0 Å². The van der Waals surface area contributed by atoms with Gasteiger partial charge in [0.05, 0.1) is 0 Å². The number of anilines is 1. The Bertz CT molecular complexity index is 805. The van der Waals surface area contributed by atoms with Crippen LogP contribution >= 0.6 is 0 Å². The fourth-order valence-corrected chi connectivity index (χ4v) is 3.76. The maximum Gasteiger partial charge on any atom is 0.319 e. The molecule has 1 fully saturated rings. The standard InChI is InChI=1S/C23H28FN3O2/c1-17(25-23(29)26-20-8-4-2-5-9-20)22(28)27(21-10-6-3-7-11-21)16-18-12-14-19(24)15-13-18/h2,4-5,8-9,12-15,17,21H,3,6-7,10-11,16H2,1H3,(H2,25,26,29)/t17-/m0/s1. The maximum absolute atomic E-state index is 13.3. The lowest BCUT2D eigenvalue weighted by Crippen LogP contribution is -2.51. The second-order valence-electron chi connectivity index (χ2n) is 7.57. The Morgan fingerprint density at radius 3 is 2.34 bits per heavy atom. The van der Waals surface area contributed by atoms with E-state index in [1.165, 1.54) is 18.6 Å². The highest BCUT2D eigenvalue weighted by Crippen LogP contribution is 2.25. The van der Waals surface area contributed by atoms with Gasteiger partial charge in [0.1, 0.15) is 11.9 Å². The number of carbonyl (C=O) groups is 2. The van der Waals surface area contributed by atoms with Crippen molar-refractivity contribution in [1.29, 1.82) is 0 Å². The van der Waals surface area contributed by atoms with Gasteiger partial charge in [-0.05, 0) is 49.6 Å². The monoisotopic (exact) mass is 397 g/mol. The second-order valence-corrected chi connectivity index (χ2v) is 7.57. The Morgan fingerprint density at radius 1 is 1.03 bits per heavy atom. The number of amides is 3. The van der Waals surface area contributed by atoms with Gasteiger partial charge < -0.3 is 15.5 Å². The first-order valence-electron chi connectivity index (χ1n) is 10.2. The smallest absolute Gasteiger partial charge is 0.319 e. The molecule has 1 atom stereocenters. The fraction of sp³-hybridized carbons (Fsp3) is 0.391. The number of nitrogens with zero attached hydrogens (tertiary/aromatic N) is 1. The molecule has 0 aromatic heterocycles. The number of urea groups is 1. The van der Waals surface area contributed by atoms with Crippen LogP contribution in [0.4, 0.5) is 14.9 Å². The van der Waals surface area contributed by atoms with Crippen LogP contribution in [0, 0.1) is 5.82 Å². The highest BCUT2D eigenvalue weighted by molar-refractivity contribution is 5.93. The van der Waals surface area contributed by atoms with Crippen LogP contribution in [0.2, 0.25) is 0 Å². The minimum Gasteiger partial charge on any atom is -0.334 e. The van der Waals surface area contributed by atoms with Crippen molar-refractivity contribution >= 4 is 17.6 Å². The van der Waals surface area contributed by atoms with Crippen LogP contribution < -0.4 is 10.6 Å². The van der Waals surface area contributed by atoms with Crippen molar-refractivity contribution in [2.45, 2.75) is 57.7 Å². The van der Waals surface area contributed by atoms with Crippen LogP contribution in [0.5, 0.6) is 0 Å². The van der Waals surface area contributed by atoms with E-state index in [2.05, 4.69) is 10.6 Å². The van der Waals surface area contributed by atoms with Crippen molar-refractivity contribution in [3.63, 3.8) is 0 Å². The van der Waals surface area contributed by atoms with E-state index in [4.69, 9.17) is 0 Å². The Morgan fingerprint density at radius 2 is 1.69 bits per heavy atom. The summed E-state index contributed by atoms with van der Waals surface area (Å²) in [4.78, 5) is 27.3. The summed E-state index contributed by atoms with van der Waals surface area (Å²) in [5, 5.41) is 5.48. The molecule has 5 nitrogen and oxygen atoms in total. The molecular weight excluding hydrogens is 369 g/mol. The number of carbonyl (C=O) groups excluding carboxylic acids is 2. The molecule has 3 amide bonds. The molecule has 1 saturated carbocycles. The number of hydrogen-bond acceptors (Lipinski definition) is 2. The molecule has 0 unspecified atom stereocenters. The van der Waals surface area contributed by atoms with Crippen LogP contribution in [0.3, 0.4) is 0 Å². The van der Waals surface area contributed by atoms with E-state index in [9.17, 15) is 14.0 Å². The fourth-order valence-electron chi connectivity index (χ4n) is 3.76. The van der Waals surface area contributed by atoms with Gasteiger partial charge in [0, 0.05) is 18.3 Å². The van der Waals surface area contributed by atoms with Gasteiger partial charge in [-0.25, -0.2) is 9.18 Å². The topological polar surface area (TPSA) is 61.4 Å². The quantitative estimate of drug-likeness (QED) is 0.742. The third-order valence-corrected chi connectivity index (χ3v) is 5.31. The molecule has 0 aliphatic heterocycles. The zero-order valence-corrected chi connectivity index (χ0v) is 16.7. The van der Waals surface area contributed by atoms with Crippen LogP contribution in [0.15, 0.2) is 54.6 Å². The average Bonchev–Trinajstić information content (AvgIpc) is 2.74. The van der Waals surface area contributed by atoms with Crippen LogP contribution in [-0.4, -0.2) is 28.9 Å². The lowest BCUT2D eigenvalue weighted by atomic mass is 9.93. The summed E-state index contributed by atoms with van der Waals surface area (Å²) in [5.41, 5.74) is 1.55. The van der Waals surface area contributed by atoms with E-state index in [0.717, 1.165) is 31.2 Å². The molecule has 154 valence electrons. The molecule has 1 aliphatic carbocycles. The van der Waals surface area contributed by atoms with Crippen molar-refractivity contribution in [2.75, 3.05) is 5.32 Å². The lowest BCUT2D eigenvalue weighted by molar-refractivity contribution is -0.136. The first kappa shape index (κ1) is 20.8. The zero-order chi connectivity index (χ0) is 20.6. The first-order valence-corrected chi connectivity index (χ1v) is 10.2. The number of nitrogens with one attached hydrogen (secondary N) is 2. The SMILES string of the molecule is C[C@H](NC(=O)Nc1ccccc1)C(=O)N(Cc1ccc(F)cc1)C1CCCCC1. The lowest BCUT2D eigenvalue weighted by Gasteiger charge is -2.36. The van der Waals surface area contributed by atoms with E-state index in [0.29, 0.717) is 12.2 Å². The molecule has 29 heavy (non-hydrogen) atoms. The van der Waals surface area contributed by atoms with Crippen molar-refractivity contribution in [3.05, 3.63) is 66.0 Å². The molecule has 0 heterocycles. The van der Waals surface area contributed by atoms with Crippen molar-refractivity contribution < 1.29 is 14.0 Å². The molecule has 1 aliphatic rings. The zero-order valence-electron chi connectivity index (χ0n) is 16.7. The predicted octanol–water partition coefficient (Wildman–Crippen LogP) is 4.70. The largest absolute Gasteiger partial charge is 0.334 e. The summed E-state index contributed by atoms with van der Waals surface area (Å²) in [5.74, 6) is -0.415. The summed E-state index contributed by atoms with van der Waals surface area (Å²) < 4.78 is 13.3. The minimum absolute atomic E-state index is 0.121. The number of para-hydroxylation sites is 1. The highest BCUT2D eigenvalue weighted by Gasteiger charge is 2.29. The van der Waals surface area contributed by atoms with Gasteiger partial charge in [-0.3, -0.25) is 4.79 Å². The van der Waals surface area contributed by atoms with E-state index < -0.39 is 12.1 Å². The van der Waals surface area contributed by atoms with Gasteiger partial charge in [0.25, 0.3) is 0 Å². The summed E-state index contributed by atoms with van der Waals surface area (Å²) in [6, 6.07) is 14.4. The third kappa shape index (κ3) is 6.04. The average molecular weight is 397 g/mol. The Labute approximate surface area is 171 Å². The Balaban J connectivity index is 1.67. The van der Waals surface area contributed by atoms with Crippen molar-refractivity contribution in [1.82, 2.24) is 10.2 Å². The molecule has 0 radical (unpaired) electrons. The molecular formula is C23H28FN3O2. The van der Waals surface area contributed by atoms with E-state index in [1.807, 2.05) is 23.1 Å². The molecule has 6 heteroatoms. The summed E-state index contributed by atoms with van der Waals surface area (Å²) >= 11 is 0. The molecule has 2 N–H and O–H groups in total. The van der Waals surface area contributed by atoms with Gasteiger partial charge in [0.2, 0.25) is 5.91 Å². The number of benzene rings is 2. The molecule has 2 aromatic rings. The third-order valence-electron chi connectivity index (χ3n) is 5.31. The summed E-state index contributed by atoms with van der Waals surface area (Å²) in [6.45, 7) is 2.11. The normalized spacial score (nSPS) is 15.4. The van der Waals surface area contributed by atoms with Crippen molar-refractivity contribution in [2.24, 2.45) is 0 Å². The number of rotatable bonds is 6. The highest BCUT2D eigenvalue weighted by atomic mass is 19.1.